The zero-order valence-corrected chi connectivity index (χ0v) is 11.1. The van der Waals surface area contributed by atoms with Gasteiger partial charge in [-0.2, -0.15) is 13.2 Å². The van der Waals surface area contributed by atoms with Crippen molar-refractivity contribution >= 4 is 11.3 Å². The Labute approximate surface area is 113 Å². The van der Waals surface area contributed by atoms with Gasteiger partial charge in [0.25, 0.3) is 0 Å². The van der Waals surface area contributed by atoms with Crippen molar-refractivity contribution in [2.45, 2.75) is 25.6 Å². The van der Waals surface area contributed by atoms with Crippen molar-refractivity contribution in [2.24, 2.45) is 5.73 Å². The van der Waals surface area contributed by atoms with Gasteiger partial charge in [0.1, 0.15) is 0 Å². The van der Waals surface area contributed by atoms with E-state index < -0.39 is 17.8 Å². The fourth-order valence-electron chi connectivity index (χ4n) is 1.92. The Morgan fingerprint density at radius 3 is 2.58 bits per heavy atom. The van der Waals surface area contributed by atoms with Crippen LogP contribution in [0.2, 0.25) is 0 Å². The van der Waals surface area contributed by atoms with Gasteiger partial charge in [0.2, 0.25) is 0 Å². The predicted octanol–water partition coefficient (Wildman–Crippen LogP) is 3.71. The molecule has 0 aliphatic carbocycles. The highest BCUT2D eigenvalue weighted by Crippen LogP contribution is 2.34. The molecular formula is C13H13F3N2S. The van der Waals surface area contributed by atoms with Crippen LogP contribution in [0.3, 0.4) is 0 Å². The average molecular weight is 286 g/mol. The molecule has 0 fully saturated rings. The highest BCUT2D eigenvalue weighted by atomic mass is 32.1. The number of hydrogen-bond donors (Lipinski definition) is 1. The van der Waals surface area contributed by atoms with Crippen LogP contribution < -0.4 is 5.73 Å². The summed E-state index contributed by atoms with van der Waals surface area (Å²) in [5, 5.41) is 2.71. The van der Waals surface area contributed by atoms with E-state index in [1.54, 1.807) is 6.07 Å². The van der Waals surface area contributed by atoms with E-state index in [1.165, 1.54) is 23.5 Å². The minimum absolute atomic E-state index is 0.112. The Balaban J connectivity index is 2.26. The number of thiazole rings is 1. The van der Waals surface area contributed by atoms with Gasteiger partial charge in [-0.05, 0) is 18.6 Å². The number of nitrogens with two attached hydrogens (primary N) is 1. The molecule has 6 heteroatoms. The lowest BCUT2D eigenvalue weighted by atomic mass is 9.97. The maximum atomic E-state index is 12.9. The molecule has 2 rings (SSSR count). The van der Waals surface area contributed by atoms with Crippen LogP contribution >= 0.6 is 11.3 Å². The number of nitrogens with zero attached hydrogens (tertiary/aromatic N) is 1. The van der Waals surface area contributed by atoms with Crippen molar-refractivity contribution < 1.29 is 13.2 Å². The van der Waals surface area contributed by atoms with Crippen molar-refractivity contribution in [3.63, 3.8) is 0 Å². The highest BCUT2D eigenvalue weighted by molar-refractivity contribution is 7.09. The number of halogens is 3. The van der Waals surface area contributed by atoms with E-state index in [-0.39, 0.29) is 5.56 Å². The van der Waals surface area contributed by atoms with Crippen molar-refractivity contribution in [3.05, 3.63) is 51.5 Å². The molecule has 1 aromatic carbocycles. The topological polar surface area (TPSA) is 38.9 Å². The molecule has 0 saturated heterocycles. The van der Waals surface area contributed by atoms with E-state index in [2.05, 4.69) is 4.98 Å². The van der Waals surface area contributed by atoms with Crippen molar-refractivity contribution in [3.8, 4) is 0 Å². The van der Waals surface area contributed by atoms with Gasteiger partial charge in [-0.15, -0.1) is 11.3 Å². The van der Waals surface area contributed by atoms with E-state index in [0.29, 0.717) is 6.42 Å². The molecule has 0 spiro atoms. The van der Waals surface area contributed by atoms with Gasteiger partial charge in [-0.1, -0.05) is 18.2 Å². The summed E-state index contributed by atoms with van der Waals surface area (Å²) in [5.74, 6) is 0. The molecule has 0 aliphatic heterocycles. The number of hydrogen-bond acceptors (Lipinski definition) is 3. The molecule has 1 heterocycles. The summed E-state index contributed by atoms with van der Waals surface area (Å²) in [7, 11) is 0. The van der Waals surface area contributed by atoms with Crippen LogP contribution in [-0.2, 0) is 12.6 Å². The molecule has 102 valence electrons. The smallest absolute Gasteiger partial charge is 0.324 e. The molecule has 1 unspecified atom stereocenters. The van der Waals surface area contributed by atoms with E-state index in [9.17, 15) is 13.2 Å². The molecule has 2 N–H and O–H groups in total. The Bertz CT molecular complexity index is 563. The first-order valence-electron chi connectivity index (χ1n) is 5.70. The molecule has 19 heavy (non-hydrogen) atoms. The van der Waals surface area contributed by atoms with Gasteiger partial charge in [-0.25, -0.2) is 4.98 Å². The van der Waals surface area contributed by atoms with Gasteiger partial charge >= 0.3 is 6.18 Å². The Hall–Kier alpha value is -1.40. The fraction of sp³-hybridized carbons (Fsp3) is 0.308. The van der Waals surface area contributed by atoms with Crippen LogP contribution in [0.5, 0.6) is 0 Å². The molecule has 0 aliphatic rings. The maximum absolute atomic E-state index is 12.9. The van der Waals surface area contributed by atoms with Crippen LogP contribution in [0.1, 0.15) is 27.9 Å². The SMILES string of the molecule is Cc1nc(CC(N)c2ccccc2C(F)(F)F)cs1. The first-order valence-corrected chi connectivity index (χ1v) is 6.58. The van der Waals surface area contributed by atoms with Crippen LogP contribution in [0.15, 0.2) is 29.6 Å². The lowest BCUT2D eigenvalue weighted by Crippen LogP contribution is -2.19. The van der Waals surface area contributed by atoms with Crippen LogP contribution in [0.4, 0.5) is 13.2 Å². The summed E-state index contributed by atoms with van der Waals surface area (Å²) in [4.78, 5) is 4.23. The molecule has 2 aromatic rings. The summed E-state index contributed by atoms with van der Waals surface area (Å²) >= 11 is 1.46. The van der Waals surface area contributed by atoms with Crippen LogP contribution in [-0.4, -0.2) is 4.98 Å². The quantitative estimate of drug-likeness (QED) is 0.934. The molecule has 0 bridgehead atoms. The Morgan fingerprint density at radius 2 is 2.00 bits per heavy atom. The molecule has 1 aromatic heterocycles. The van der Waals surface area contributed by atoms with Gasteiger partial charge < -0.3 is 5.73 Å². The number of benzene rings is 1. The lowest BCUT2D eigenvalue weighted by molar-refractivity contribution is -0.138. The molecule has 2 nitrogen and oxygen atoms in total. The van der Waals surface area contributed by atoms with Gasteiger partial charge in [-0.3, -0.25) is 0 Å². The number of aromatic nitrogens is 1. The van der Waals surface area contributed by atoms with Gasteiger partial charge in [0, 0.05) is 17.8 Å². The third-order valence-corrected chi connectivity index (χ3v) is 3.58. The third kappa shape index (κ3) is 3.33. The minimum Gasteiger partial charge on any atom is -0.324 e. The Morgan fingerprint density at radius 1 is 1.32 bits per heavy atom. The summed E-state index contributed by atoms with van der Waals surface area (Å²) in [5.41, 5.74) is 6.07. The van der Waals surface area contributed by atoms with Gasteiger partial charge in [0.15, 0.2) is 0 Å². The fourth-order valence-corrected chi connectivity index (χ4v) is 2.54. The molecule has 1 atom stereocenters. The van der Waals surface area contributed by atoms with Crippen LogP contribution in [0.25, 0.3) is 0 Å². The lowest BCUT2D eigenvalue weighted by Gasteiger charge is -2.17. The van der Waals surface area contributed by atoms with Crippen molar-refractivity contribution in [1.29, 1.82) is 0 Å². The van der Waals surface area contributed by atoms with E-state index in [0.717, 1.165) is 16.8 Å². The summed E-state index contributed by atoms with van der Waals surface area (Å²) in [6, 6.07) is 4.70. The minimum atomic E-state index is -4.38. The summed E-state index contributed by atoms with van der Waals surface area (Å²) < 4.78 is 38.6. The van der Waals surface area contributed by atoms with E-state index in [4.69, 9.17) is 5.73 Å². The average Bonchev–Trinajstić information content (AvgIpc) is 2.73. The third-order valence-electron chi connectivity index (χ3n) is 2.76. The second kappa shape index (κ2) is 5.30. The standard InChI is InChI=1S/C13H13F3N2S/c1-8-18-9(7-19-8)6-12(17)10-4-2-3-5-11(10)13(14,15)16/h2-5,7,12H,6,17H2,1H3. The number of aryl methyl sites for hydroxylation is 1. The molecule has 0 saturated carbocycles. The Kier molecular flexibility index (Phi) is 3.91. The van der Waals surface area contributed by atoms with E-state index in [1.807, 2.05) is 12.3 Å². The number of rotatable bonds is 3. The zero-order valence-electron chi connectivity index (χ0n) is 10.2. The first kappa shape index (κ1) is 14.0. The second-order valence-corrected chi connectivity index (χ2v) is 5.32. The summed E-state index contributed by atoms with van der Waals surface area (Å²) in [6.45, 7) is 1.85. The molecule has 0 amide bonds. The van der Waals surface area contributed by atoms with Gasteiger partial charge in [0.05, 0.1) is 16.3 Å². The highest BCUT2D eigenvalue weighted by Gasteiger charge is 2.34. The first-order chi connectivity index (χ1) is 8.88. The van der Waals surface area contributed by atoms with Crippen LogP contribution in [0, 0.1) is 6.92 Å². The zero-order chi connectivity index (χ0) is 14.0. The monoisotopic (exact) mass is 286 g/mol. The maximum Gasteiger partial charge on any atom is 0.416 e. The summed E-state index contributed by atoms with van der Waals surface area (Å²) in [6.07, 6.45) is -4.08. The number of alkyl halides is 3. The largest absolute Gasteiger partial charge is 0.416 e. The van der Waals surface area contributed by atoms with Crippen molar-refractivity contribution in [1.82, 2.24) is 4.98 Å². The second-order valence-electron chi connectivity index (χ2n) is 4.25. The molecular weight excluding hydrogens is 273 g/mol. The van der Waals surface area contributed by atoms with Crippen molar-refractivity contribution in [2.75, 3.05) is 0 Å². The van der Waals surface area contributed by atoms with E-state index >= 15 is 0 Å². The molecule has 0 radical (unpaired) electrons. The normalized spacial score (nSPS) is 13.5. The predicted molar refractivity (Wildman–Crippen MR) is 68.9 cm³/mol.